The van der Waals surface area contributed by atoms with Crippen LogP contribution in [0.3, 0.4) is 0 Å². The van der Waals surface area contributed by atoms with Crippen LogP contribution < -0.4 is 15.5 Å². The first-order valence-electron chi connectivity index (χ1n) is 10.2. The Bertz CT molecular complexity index is 1250. The number of urea groups is 1. The third-order valence-corrected chi connectivity index (χ3v) is 5.06. The van der Waals surface area contributed by atoms with Crippen LogP contribution in [0.2, 0.25) is 0 Å². The normalized spacial score (nSPS) is 12.5. The summed E-state index contributed by atoms with van der Waals surface area (Å²) in [6, 6.07) is 15.5. The lowest BCUT2D eigenvalue weighted by Gasteiger charge is -2.27. The first-order valence-corrected chi connectivity index (χ1v) is 10.2. The van der Waals surface area contributed by atoms with Gasteiger partial charge in [-0.05, 0) is 48.7 Å². The van der Waals surface area contributed by atoms with E-state index in [2.05, 4.69) is 5.32 Å². The highest BCUT2D eigenvalue weighted by atomic mass is 16.5. The molecule has 1 aliphatic rings. The number of ether oxygens (including phenoxy) is 1. The maximum absolute atomic E-state index is 13.1. The molecule has 0 radical (unpaired) electrons. The second-order valence-electron chi connectivity index (χ2n) is 7.19. The summed E-state index contributed by atoms with van der Waals surface area (Å²) >= 11 is 0. The molecule has 0 saturated heterocycles. The first kappa shape index (κ1) is 21.7. The number of esters is 1. The van der Waals surface area contributed by atoms with Crippen molar-refractivity contribution in [2.45, 2.75) is 6.92 Å². The van der Waals surface area contributed by atoms with Gasteiger partial charge in [0.15, 0.2) is 6.61 Å². The number of nitrogens with one attached hydrogen (secondary N) is 2. The molecule has 5 amide bonds. The van der Waals surface area contributed by atoms with E-state index in [1.54, 1.807) is 31.2 Å². The van der Waals surface area contributed by atoms with Crippen molar-refractivity contribution in [1.82, 2.24) is 10.6 Å². The molecule has 0 saturated carbocycles. The van der Waals surface area contributed by atoms with Gasteiger partial charge in [0.25, 0.3) is 17.7 Å². The van der Waals surface area contributed by atoms with Gasteiger partial charge in [0.1, 0.15) is 0 Å². The summed E-state index contributed by atoms with van der Waals surface area (Å²) in [4.78, 5) is 62.4. The molecule has 33 heavy (non-hydrogen) atoms. The number of benzene rings is 3. The van der Waals surface area contributed by atoms with Crippen molar-refractivity contribution < 1.29 is 28.7 Å². The van der Waals surface area contributed by atoms with Crippen LogP contribution >= 0.6 is 0 Å². The minimum atomic E-state index is -0.793. The van der Waals surface area contributed by atoms with Crippen molar-refractivity contribution in [2.75, 3.05) is 18.1 Å². The number of hydrogen-bond donors (Lipinski definition) is 2. The molecule has 4 rings (SSSR count). The molecule has 2 N–H and O–H groups in total. The Labute approximate surface area is 188 Å². The number of rotatable bonds is 5. The summed E-state index contributed by atoms with van der Waals surface area (Å²) in [5, 5.41) is 5.83. The Morgan fingerprint density at radius 2 is 1.48 bits per heavy atom. The molecule has 0 fully saturated rings. The summed E-state index contributed by atoms with van der Waals surface area (Å²) in [6.45, 7) is 1.40. The van der Waals surface area contributed by atoms with Gasteiger partial charge in [-0.25, -0.2) is 14.5 Å². The Hall–Kier alpha value is -4.53. The zero-order chi connectivity index (χ0) is 23.5. The molecule has 9 nitrogen and oxygen atoms in total. The molecule has 0 bridgehead atoms. The third-order valence-electron chi connectivity index (χ3n) is 5.06. The smallest absolute Gasteiger partial charge is 0.338 e. The molecule has 0 spiro atoms. The van der Waals surface area contributed by atoms with E-state index in [0.717, 1.165) is 10.3 Å². The highest BCUT2D eigenvalue weighted by molar-refractivity contribution is 6.35. The number of carbonyl (C=O) groups excluding carboxylic acids is 5. The van der Waals surface area contributed by atoms with Crippen molar-refractivity contribution in [1.29, 1.82) is 0 Å². The van der Waals surface area contributed by atoms with E-state index in [1.165, 1.54) is 24.3 Å². The van der Waals surface area contributed by atoms with Crippen molar-refractivity contribution in [3.63, 3.8) is 0 Å². The summed E-state index contributed by atoms with van der Waals surface area (Å²) in [5.74, 6) is -2.48. The van der Waals surface area contributed by atoms with E-state index in [1.807, 2.05) is 17.4 Å². The number of nitrogens with zero attached hydrogens (tertiary/aromatic N) is 1. The van der Waals surface area contributed by atoms with E-state index < -0.39 is 36.3 Å². The lowest BCUT2D eigenvalue weighted by molar-refractivity contribution is -0.123. The molecular formula is C24H19N3O6. The molecule has 3 aromatic carbocycles. The van der Waals surface area contributed by atoms with Gasteiger partial charge in [-0.2, -0.15) is 0 Å². The Kier molecular flexibility index (Phi) is 5.86. The lowest BCUT2D eigenvalue weighted by Crippen LogP contribution is -2.41. The Morgan fingerprint density at radius 1 is 0.879 bits per heavy atom. The summed E-state index contributed by atoms with van der Waals surface area (Å²) in [5.41, 5.74) is 1.25. The van der Waals surface area contributed by atoms with Crippen LogP contribution in [0.4, 0.5) is 10.5 Å². The summed E-state index contributed by atoms with van der Waals surface area (Å²) in [6.07, 6.45) is 0. The third kappa shape index (κ3) is 4.16. The fourth-order valence-electron chi connectivity index (χ4n) is 3.59. The molecule has 1 aliphatic heterocycles. The van der Waals surface area contributed by atoms with Crippen LogP contribution in [0.5, 0.6) is 0 Å². The van der Waals surface area contributed by atoms with Crippen LogP contribution in [0.1, 0.15) is 38.0 Å². The van der Waals surface area contributed by atoms with Crippen LogP contribution in [0.15, 0.2) is 60.7 Å². The van der Waals surface area contributed by atoms with E-state index in [0.29, 0.717) is 28.7 Å². The van der Waals surface area contributed by atoms with Crippen molar-refractivity contribution in [3.8, 4) is 0 Å². The minimum Gasteiger partial charge on any atom is -0.452 e. The average molecular weight is 445 g/mol. The summed E-state index contributed by atoms with van der Waals surface area (Å²) < 4.78 is 4.90. The fraction of sp³-hybridized carbons (Fsp3) is 0.125. The van der Waals surface area contributed by atoms with E-state index >= 15 is 0 Å². The predicted octanol–water partition coefficient (Wildman–Crippen LogP) is 2.64. The Morgan fingerprint density at radius 3 is 2.06 bits per heavy atom. The second-order valence-corrected chi connectivity index (χ2v) is 7.19. The average Bonchev–Trinajstić information content (AvgIpc) is 2.81. The molecule has 0 aromatic heterocycles. The van der Waals surface area contributed by atoms with Gasteiger partial charge in [0.2, 0.25) is 0 Å². The number of carbonyl (C=O) groups is 5. The van der Waals surface area contributed by atoms with Gasteiger partial charge >= 0.3 is 12.0 Å². The van der Waals surface area contributed by atoms with Crippen molar-refractivity contribution in [3.05, 3.63) is 77.4 Å². The minimum absolute atomic E-state index is 0.115. The number of hydrogen-bond acceptors (Lipinski definition) is 6. The van der Waals surface area contributed by atoms with Gasteiger partial charge < -0.3 is 10.1 Å². The highest BCUT2D eigenvalue weighted by Gasteiger charge is 2.33. The lowest BCUT2D eigenvalue weighted by atomic mass is 9.94. The molecule has 166 valence electrons. The molecule has 0 aliphatic carbocycles. The topological polar surface area (TPSA) is 122 Å². The molecule has 9 heteroatoms. The van der Waals surface area contributed by atoms with Gasteiger partial charge in [0, 0.05) is 23.1 Å². The SMILES string of the molecule is CCNC(=O)NC(=O)COC(=O)c1ccc(N2C(=O)c3cccc4cccc(c34)C2=O)cc1. The van der Waals surface area contributed by atoms with Crippen LogP contribution in [0.25, 0.3) is 10.8 Å². The second kappa shape index (κ2) is 8.91. The van der Waals surface area contributed by atoms with Gasteiger partial charge in [-0.3, -0.25) is 19.7 Å². The van der Waals surface area contributed by atoms with Crippen LogP contribution in [-0.4, -0.2) is 42.9 Å². The monoisotopic (exact) mass is 445 g/mol. The van der Waals surface area contributed by atoms with Crippen LogP contribution in [-0.2, 0) is 9.53 Å². The first-order chi connectivity index (χ1) is 15.9. The zero-order valence-corrected chi connectivity index (χ0v) is 17.6. The highest BCUT2D eigenvalue weighted by Crippen LogP contribution is 2.32. The standard InChI is InChI=1S/C24H19N3O6/c1-2-25-24(32)26-19(28)13-33-23(31)15-9-11-16(12-10-15)27-21(29)17-7-3-5-14-6-4-8-18(20(14)17)22(27)30/h3-12H,2,13H2,1H3,(H2,25,26,28,32). The van der Waals surface area contributed by atoms with Crippen molar-refractivity contribution >= 4 is 46.2 Å². The fourth-order valence-corrected chi connectivity index (χ4v) is 3.59. The summed E-state index contributed by atoms with van der Waals surface area (Å²) in [7, 11) is 0. The van der Waals surface area contributed by atoms with E-state index in [-0.39, 0.29) is 5.56 Å². The molecule has 3 aromatic rings. The van der Waals surface area contributed by atoms with Gasteiger partial charge in [-0.15, -0.1) is 0 Å². The quantitative estimate of drug-likeness (QED) is 0.460. The van der Waals surface area contributed by atoms with Gasteiger partial charge in [-0.1, -0.05) is 24.3 Å². The van der Waals surface area contributed by atoms with E-state index in [9.17, 15) is 24.0 Å². The Balaban J connectivity index is 1.49. The molecule has 0 atom stereocenters. The predicted molar refractivity (Wildman–Crippen MR) is 119 cm³/mol. The molecule has 0 unspecified atom stereocenters. The number of imide groups is 2. The number of amides is 5. The van der Waals surface area contributed by atoms with Crippen molar-refractivity contribution in [2.24, 2.45) is 0 Å². The number of anilines is 1. The molecular weight excluding hydrogens is 426 g/mol. The molecule has 1 heterocycles. The maximum Gasteiger partial charge on any atom is 0.338 e. The zero-order valence-electron chi connectivity index (χ0n) is 17.6. The van der Waals surface area contributed by atoms with Gasteiger partial charge in [0.05, 0.1) is 11.3 Å². The maximum atomic E-state index is 13.1. The van der Waals surface area contributed by atoms with Crippen LogP contribution in [0, 0.1) is 0 Å². The van der Waals surface area contributed by atoms with E-state index in [4.69, 9.17) is 4.74 Å². The largest absolute Gasteiger partial charge is 0.452 e.